The summed E-state index contributed by atoms with van der Waals surface area (Å²) in [5, 5.41) is 18.6. The van der Waals surface area contributed by atoms with E-state index in [4.69, 9.17) is 5.41 Å². The van der Waals surface area contributed by atoms with Crippen LogP contribution >= 0.6 is 22.6 Å². The molecule has 0 saturated carbocycles. The Labute approximate surface area is 127 Å². The monoisotopic (exact) mass is 383 g/mol. The Kier molecular flexibility index (Phi) is 4.28. The molecule has 0 unspecified atom stereocenters. The Balaban J connectivity index is 2.25. The summed E-state index contributed by atoms with van der Waals surface area (Å²) in [5.74, 6) is -0.216. The topological polar surface area (TPSA) is 89.0 Å². The van der Waals surface area contributed by atoms with Gasteiger partial charge in [-0.25, -0.2) is 0 Å². The summed E-state index contributed by atoms with van der Waals surface area (Å²) < 4.78 is 2.12. The number of pyridine rings is 1. The van der Waals surface area contributed by atoms with Crippen molar-refractivity contribution >= 4 is 34.1 Å². The summed E-state index contributed by atoms with van der Waals surface area (Å²) in [6.45, 7) is 0.0814. The molecule has 0 spiro atoms. The van der Waals surface area contributed by atoms with E-state index in [2.05, 4.69) is 0 Å². The molecule has 0 amide bonds. The van der Waals surface area contributed by atoms with Crippen LogP contribution < -0.4 is 5.36 Å². The molecule has 1 aromatic carbocycles. The minimum atomic E-state index is -0.499. The number of halogens is 1. The van der Waals surface area contributed by atoms with Gasteiger partial charge in [0, 0.05) is 24.0 Å². The summed E-state index contributed by atoms with van der Waals surface area (Å²) in [5.41, 5.74) is 0.238. The van der Waals surface area contributed by atoms with Gasteiger partial charge in [0.15, 0.2) is 5.78 Å². The average Bonchev–Trinajstić information content (AvgIpc) is 2.41. The Morgan fingerprint density at radius 2 is 1.95 bits per heavy atom. The zero-order valence-electron chi connectivity index (χ0n) is 10.2. The summed E-state index contributed by atoms with van der Waals surface area (Å²) in [7, 11) is 0. The van der Waals surface area contributed by atoms with Gasteiger partial charge in [-0.15, -0.1) is 0 Å². The number of carbonyl (C=O) groups excluding carboxylic acids is 1. The number of hydrogen-bond donors (Lipinski definition) is 1. The van der Waals surface area contributed by atoms with Gasteiger partial charge in [-0.05, 0) is 46.9 Å². The SMILES string of the molecule is N=c1ccn(CC(=O)c2ccc(I)c([N+](=O)[O-])c2)cc1. The lowest BCUT2D eigenvalue weighted by Gasteiger charge is -2.05. The molecule has 1 aromatic heterocycles. The van der Waals surface area contributed by atoms with Crippen molar-refractivity contribution < 1.29 is 9.72 Å². The van der Waals surface area contributed by atoms with Gasteiger partial charge in [0.25, 0.3) is 5.69 Å². The summed E-state index contributed by atoms with van der Waals surface area (Å²) >= 11 is 1.86. The zero-order valence-corrected chi connectivity index (χ0v) is 12.4. The van der Waals surface area contributed by atoms with Crippen LogP contribution in [0.1, 0.15) is 10.4 Å². The fraction of sp³-hybridized carbons (Fsp3) is 0.0769. The number of nitrogens with zero attached hydrogens (tertiary/aromatic N) is 2. The van der Waals surface area contributed by atoms with E-state index in [9.17, 15) is 14.9 Å². The second-order valence-electron chi connectivity index (χ2n) is 4.11. The van der Waals surface area contributed by atoms with Crippen LogP contribution in [0, 0.1) is 19.1 Å². The zero-order chi connectivity index (χ0) is 14.7. The number of benzene rings is 1. The fourth-order valence-electron chi connectivity index (χ4n) is 1.65. The first-order chi connectivity index (χ1) is 9.47. The second kappa shape index (κ2) is 5.95. The summed E-state index contributed by atoms with van der Waals surface area (Å²) in [4.78, 5) is 22.4. The van der Waals surface area contributed by atoms with Gasteiger partial charge < -0.3 is 9.98 Å². The molecule has 102 valence electrons. The predicted octanol–water partition coefficient (Wildman–Crippen LogP) is 2.36. The highest BCUT2D eigenvalue weighted by Gasteiger charge is 2.15. The van der Waals surface area contributed by atoms with E-state index in [0.29, 0.717) is 14.5 Å². The van der Waals surface area contributed by atoms with Gasteiger partial charge in [0.05, 0.1) is 20.4 Å². The molecule has 20 heavy (non-hydrogen) atoms. The predicted molar refractivity (Wildman–Crippen MR) is 80.4 cm³/mol. The minimum absolute atomic E-state index is 0.0667. The van der Waals surface area contributed by atoms with Crippen LogP contribution in [0.5, 0.6) is 0 Å². The highest BCUT2D eigenvalue weighted by atomic mass is 127. The standard InChI is InChI=1S/C13H10IN3O3/c14-11-2-1-9(7-12(11)17(19)20)13(18)8-16-5-3-10(15)4-6-16/h1-7,15H,8H2. The molecule has 0 fully saturated rings. The maximum absolute atomic E-state index is 12.1. The lowest BCUT2D eigenvalue weighted by Crippen LogP contribution is -2.12. The van der Waals surface area contributed by atoms with Gasteiger partial charge in [-0.3, -0.25) is 14.9 Å². The smallest absolute Gasteiger partial charge is 0.283 e. The number of hydrogen-bond acceptors (Lipinski definition) is 4. The van der Waals surface area contributed by atoms with Crippen LogP contribution in [-0.4, -0.2) is 15.3 Å². The third-order valence-corrected chi connectivity index (χ3v) is 3.59. The molecular formula is C13H10IN3O3. The lowest BCUT2D eigenvalue weighted by molar-refractivity contribution is -0.385. The molecule has 1 N–H and O–H groups in total. The van der Waals surface area contributed by atoms with Crippen molar-refractivity contribution in [2.45, 2.75) is 6.54 Å². The van der Waals surface area contributed by atoms with Crippen molar-refractivity contribution in [1.29, 1.82) is 5.41 Å². The van der Waals surface area contributed by atoms with Gasteiger partial charge in [0.1, 0.15) is 0 Å². The van der Waals surface area contributed by atoms with Crippen molar-refractivity contribution in [2.75, 3.05) is 0 Å². The number of Topliss-reactive ketones (excluding diaryl/α,β-unsaturated/α-hetero) is 1. The van der Waals surface area contributed by atoms with Gasteiger partial charge in [0.2, 0.25) is 0 Å². The molecule has 1 heterocycles. The number of aromatic nitrogens is 1. The van der Waals surface area contributed by atoms with E-state index < -0.39 is 4.92 Å². The third-order valence-electron chi connectivity index (χ3n) is 2.68. The molecule has 0 radical (unpaired) electrons. The first-order valence-electron chi connectivity index (χ1n) is 5.65. The average molecular weight is 383 g/mol. The van der Waals surface area contributed by atoms with Crippen LogP contribution in [0.4, 0.5) is 5.69 Å². The highest BCUT2D eigenvalue weighted by Crippen LogP contribution is 2.22. The largest absolute Gasteiger partial charge is 0.346 e. The number of rotatable bonds is 4. The quantitative estimate of drug-likeness (QED) is 0.381. The number of nitrogens with one attached hydrogen (secondary N) is 1. The molecule has 0 saturated heterocycles. The maximum atomic E-state index is 12.1. The number of ketones is 1. The summed E-state index contributed by atoms with van der Waals surface area (Å²) in [6.07, 6.45) is 3.25. The summed E-state index contributed by atoms with van der Waals surface area (Å²) in [6, 6.07) is 7.58. The molecule has 0 aliphatic carbocycles. The minimum Gasteiger partial charge on any atom is -0.346 e. The van der Waals surface area contributed by atoms with Gasteiger partial charge in [-0.2, -0.15) is 0 Å². The highest BCUT2D eigenvalue weighted by molar-refractivity contribution is 14.1. The molecule has 2 rings (SSSR count). The molecule has 0 aliphatic rings. The van der Waals surface area contributed by atoms with Crippen molar-refractivity contribution in [1.82, 2.24) is 4.57 Å². The Bertz CT molecular complexity index is 719. The van der Waals surface area contributed by atoms with Crippen molar-refractivity contribution in [2.24, 2.45) is 0 Å². The van der Waals surface area contributed by atoms with Crippen molar-refractivity contribution in [3.8, 4) is 0 Å². The Morgan fingerprint density at radius 1 is 1.30 bits per heavy atom. The number of carbonyl (C=O) groups is 1. The van der Waals surface area contributed by atoms with Crippen LogP contribution in [0.3, 0.4) is 0 Å². The van der Waals surface area contributed by atoms with Crippen LogP contribution in [0.25, 0.3) is 0 Å². The first-order valence-corrected chi connectivity index (χ1v) is 6.73. The van der Waals surface area contributed by atoms with E-state index in [-0.39, 0.29) is 18.0 Å². The Morgan fingerprint density at radius 3 is 2.55 bits per heavy atom. The van der Waals surface area contributed by atoms with E-state index in [1.54, 1.807) is 41.2 Å². The third kappa shape index (κ3) is 3.29. The lowest BCUT2D eigenvalue weighted by atomic mass is 10.1. The van der Waals surface area contributed by atoms with Crippen LogP contribution in [0.2, 0.25) is 0 Å². The molecule has 7 heteroatoms. The molecular weight excluding hydrogens is 373 g/mol. The van der Waals surface area contributed by atoms with Crippen molar-refractivity contribution in [3.05, 3.63) is 67.3 Å². The number of nitro groups is 1. The maximum Gasteiger partial charge on any atom is 0.283 e. The van der Waals surface area contributed by atoms with Gasteiger partial charge in [-0.1, -0.05) is 0 Å². The van der Waals surface area contributed by atoms with Crippen molar-refractivity contribution in [3.63, 3.8) is 0 Å². The Hall–Kier alpha value is -2.03. The van der Waals surface area contributed by atoms with Gasteiger partial charge >= 0.3 is 0 Å². The second-order valence-corrected chi connectivity index (χ2v) is 5.27. The van der Waals surface area contributed by atoms with Crippen LogP contribution in [-0.2, 0) is 6.54 Å². The molecule has 6 nitrogen and oxygen atoms in total. The van der Waals surface area contributed by atoms with Crippen LogP contribution in [0.15, 0.2) is 42.7 Å². The van der Waals surface area contributed by atoms with E-state index >= 15 is 0 Å². The number of nitro benzene ring substituents is 1. The van der Waals surface area contributed by atoms with E-state index in [1.165, 1.54) is 6.07 Å². The molecule has 2 aromatic rings. The molecule has 0 aliphatic heterocycles. The molecule has 0 bridgehead atoms. The normalized spacial score (nSPS) is 10.2. The van der Waals surface area contributed by atoms with E-state index in [1.807, 2.05) is 22.6 Å². The molecule has 0 atom stereocenters. The fourth-order valence-corrected chi connectivity index (χ4v) is 2.18. The van der Waals surface area contributed by atoms with E-state index in [0.717, 1.165) is 0 Å². The first kappa shape index (κ1) is 14.4.